The molecule has 49 heavy (non-hydrogen) atoms. The third-order valence-corrected chi connectivity index (χ3v) is 10.5. The van der Waals surface area contributed by atoms with Crippen LogP contribution in [0.3, 0.4) is 0 Å². The van der Waals surface area contributed by atoms with Crippen LogP contribution in [0.2, 0.25) is 0 Å². The van der Waals surface area contributed by atoms with Crippen molar-refractivity contribution in [1.29, 1.82) is 0 Å². The van der Waals surface area contributed by atoms with Gasteiger partial charge in [-0.2, -0.15) is 22.8 Å². The third kappa shape index (κ3) is 5.98. The van der Waals surface area contributed by atoms with Crippen molar-refractivity contribution in [2.75, 3.05) is 0 Å². The number of benzene rings is 4. The molecule has 8 atom stereocenters. The molecule has 9 rings (SSSR count). The third-order valence-electron chi connectivity index (χ3n) is 10.5. The molecule has 0 spiro atoms. The maximum absolute atomic E-state index is 5.50. The molecule has 2 aromatic heterocycles. The minimum absolute atomic E-state index is 0. The first kappa shape index (κ1) is 31.6. The Balaban J connectivity index is 0.00000348. The van der Waals surface area contributed by atoms with E-state index in [2.05, 4.69) is 181 Å². The summed E-state index contributed by atoms with van der Waals surface area (Å²) in [6, 6.07) is 52.7. The molecule has 4 aromatic carbocycles. The van der Waals surface area contributed by atoms with Gasteiger partial charge < -0.3 is 20.6 Å². The molecule has 243 valence electrons. The van der Waals surface area contributed by atoms with Gasteiger partial charge in [0.2, 0.25) is 0 Å². The SMILES string of the molecule is C1=CC2NC1C(c1ccccc1)c1ccc([n-]1)C(c1ccccc1)C1C=CC(N1)C(c1ccccc1)c1ccc([n-]1)C2c1ccccc1.[Co+2]. The number of fused-ring (bicyclic) bond motifs is 8. The summed E-state index contributed by atoms with van der Waals surface area (Å²) >= 11 is 0. The quantitative estimate of drug-likeness (QED) is 0.188. The van der Waals surface area contributed by atoms with Gasteiger partial charge in [-0.25, -0.2) is 0 Å². The van der Waals surface area contributed by atoms with Crippen LogP contribution in [0, 0.1) is 0 Å². The summed E-state index contributed by atoms with van der Waals surface area (Å²) in [7, 11) is 0. The number of aromatic nitrogens is 2. The normalized spacial score (nSPS) is 27.1. The number of rotatable bonds is 4. The number of hydrogen-bond donors (Lipinski definition) is 2. The van der Waals surface area contributed by atoms with Crippen LogP contribution in [0.15, 0.2) is 170 Å². The predicted octanol–water partition coefficient (Wildman–Crippen LogP) is 7.63. The van der Waals surface area contributed by atoms with E-state index in [0.717, 1.165) is 22.8 Å². The Morgan fingerprint density at radius 1 is 0.306 bits per heavy atom. The van der Waals surface area contributed by atoms with Crippen molar-refractivity contribution in [2.45, 2.75) is 47.8 Å². The molecular weight excluding hydrogens is 643 g/mol. The number of hydrogen-bond acceptors (Lipinski definition) is 2. The zero-order chi connectivity index (χ0) is 31.9. The van der Waals surface area contributed by atoms with E-state index in [9.17, 15) is 0 Å². The van der Waals surface area contributed by atoms with Crippen molar-refractivity contribution >= 4 is 0 Å². The molecular formula is C44H38CoN4. The van der Waals surface area contributed by atoms with Crippen molar-refractivity contribution in [3.05, 3.63) is 215 Å². The van der Waals surface area contributed by atoms with Gasteiger partial charge in [-0.1, -0.05) is 170 Å². The first-order valence-electron chi connectivity index (χ1n) is 17.2. The number of nitrogens with zero attached hydrogens (tertiary/aromatic N) is 2. The zero-order valence-corrected chi connectivity index (χ0v) is 28.1. The number of nitrogens with one attached hydrogen (secondary N) is 2. The van der Waals surface area contributed by atoms with Crippen LogP contribution in [-0.4, -0.2) is 24.2 Å². The van der Waals surface area contributed by atoms with Crippen LogP contribution in [0.25, 0.3) is 0 Å². The second kappa shape index (κ2) is 13.7. The summed E-state index contributed by atoms with van der Waals surface area (Å²) < 4.78 is 0. The standard InChI is InChI=1S/C44H38N4.Co/c1-5-13-29(14-6-1)41-33-21-23-35(45-33)42(30-15-7-2-8-16-30)37-25-27-39(47-37)44(32-19-11-4-12-20-32)40-28-26-38(48-40)43(31-17-9-3-10-18-31)36-24-22-34(41)46-36;/h1-28,33,35,38,40-45,48H;/q-2;+2. The van der Waals surface area contributed by atoms with Gasteiger partial charge in [-0.05, 0) is 22.3 Å². The molecule has 8 unspecified atom stereocenters. The Hall–Kier alpha value is -4.65. The van der Waals surface area contributed by atoms with Crippen LogP contribution >= 0.6 is 0 Å². The summed E-state index contributed by atoms with van der Waals surface area (Å²) in [6.45, 7) is 0. The van der Waals surface area contributed by atoms with E-state index in [4.69, 9.17) is 9.97 Å². The van der Waals surface area contributed by atoms with E-state index >= 15 is 0 Å². The van der Waals surface area contributed by atoms with Crippen molar-refractivity contribution in [3.63, 3.8) is 0 Å². The van der Waals surface area contributed by atoms with E-state index in [1.165, 1.54) is 22.3 Å². The van der Waals surface area contributed by atoms with Crippen molar-refractivity contribution < 1.29 is 16.8 Å². The fourth-order valence-corrected chi connectivity index (χ4v) is 8.35. The maximum Gasteiger partial charge on any atom is 2.00 e. The summed E-state index contributed by atoms with van der Waals surface area (Å²) in [6.07, 6.45) is 9.45. The molecule has 1 radical (unpaired) electrons. The molecule has 0 saturated heterocycles. The molecule has 4 nitrogen and oxygen atoms in total. The van der Waals surface area contributed by atoms with Gasteiger partial charge in [0.25, 0.3) is 0 Å². The molecule has 2 N–H and O–H groups in total. The minimum atomic E-state index is 0. The molecule has 3 aliphatic rings. The van der Waals surface area contributed by atoms with Crippen LogP contribution in [0.4, 0.5) is 0 Å². The molecule has 0 saturated carbocycles. The van der Waals surface area contributed by atoms with Gasteiger partial charge >= 0.3 is 16.8 Å². The summed E-state index contributed by atoms with van der Waals surface area (Å²) in [5, 5.41) is 8.13. The van der Waals surface area contributed by atoms with Gasteiger partial charge in [-0.15, -0.1) is 0 Å². The van der Waals surface area contributed by atoms with Crippen LogP contribution in [-0.2, 0) is 16.8 Å². The summed E-state index contributed by atoms with van der Waals surface area (Å²) in [5.74, 6) is 0.250. The Kier molecular flexibility index (Phi) is 8.83. The van der Waals surface area contributed by atoms with Gasteiger partial charge in [-0.3, -0.25) is 0 Å². The van der Waals surface area contributed by atoms with Crippen molar-refractivity contribution in [2.24, 2.45) is 0 Å². The van der Waals surface area contributed by atoms with Gasteiger partial charge in [0, 0.05) is 47.8 Å². The topological polar surface area (TPSA) is 52.3 Å². The second-order valence-corrected chi connectivity index (χ2v) is 13.3. The predicted molar refractivity (Wildman–Crippen MR) is 192 cm³/mol. The molecule has 0 amide bonds. The first-order valence-corrected chi connectivity index (χ1v) is 17.2. The largest absolute Gasteiger partial charge is 2.00 e. The Morgan fingerprint density at radius 3 is 0.755 bits per heavy atom. The van der Waals surface area contributed by atoms with E-state index < -0.39 is 0 Å². The van der Waals surface area contributed by atoms with Gasteiger partial charge in [0.1, 0.15) is 0 Å². The van der Waals surface area contributed by atoms with Gasteiger partial charge in [0.15, 0.2) is 0 Å². The molecule has 3 aliphatic heterocycles. The molecule has 0 fully saturated rings. The molecule has 6 aromatic rings. The fourth-order valence-electron chi connectivity index (χ4n) is 8.35. The van der Waals surface area contributed by atoms with E-state index in [1.54, 1.807) is 0 Å². The summed E-state index contributed by atoms with van der Waals surface area (Å²) in [4.78, 5) is 11.0. The monoisotopic (exact) mass is 681 g/mol. The molecule has 5 heteroatoms. The average Bonchev–Trinajstić information content (AvgIpc) is 3.98. The molecule has 8 bridgehead atoms. The summed E-state index contributed by atoms with van der Waals surface area (Å²) in [5.41, 5.74) is 9.42. The Morgan fingerprint density at radius 2 is 0.531 bits per heavy atom. The van der Waals surface area contributed by atoms with Crippen LogP contribution in [0.5, 0.6) is 0 Å². The smallest absolute Gasteiger partial charge is 0.664 e. The average molecular weight is 682 g/mol. The van der Waals surface area contributed by atoms with E-state index in [1.807, 2.05) is 0 Å². The van der Waals surface area contributed by atoms with Crippen molar-refractivity contribution in [1.82, 2.24) is 20.6 Å². The minimum Gasteiger partial charge on any atom is -0.664 e. The first-order chi connectivity index (χ1) is 23.8. The molecule has 0 aliphatic carbocycles. The van der Waals surface area contributed by atoms with E-state index in [0.29, 0.717) is 0 Å². The second-order valence-electron chi connectivity index (χ2n) is 13.3. The molecule has 5 heterocycles. The fraction of sp³-hybridized carbons (Fsp3) is 0.182. The Labute approximate surface area is 299 Å². The maximum atomic E-state index is 5.50. The van der Waals surface area contributed by atoms with E-state index in [-0.39, 0.29) is 64.6 Å². The van der Waals surface area contributed by atoms with Crippen LogP contribution < -0.4 is 20.6 Å². The zero-order valence-electron chi connectivity index (χ0n) is 27.0. The van der Waals surface area contributed by atoms with Crippen LogP contribution in [0.1, 0.15) is 68.7 Å². The van der Waals surface area contributed by atoms with Crippen molar-refractivity contribution in [3.8, 4) is 0 Å². The Bertz CT molecular complexity index is 1740. The van der Waals surface area contributed by atoms with Gasteiger partial charge in [0.05, 0.1) is 0 Å².